The Labute approximate surface area is 93.3 Å². The molecule has 0 aliphatic carbocycles. The number of piperidine rings is 1. The van der Waals surface area contributed by atoms with E-state index >= 15 is 0 Å². The molecule has 1 aliphatic heterocycles. The first kappa shape index (κ1) is 12.3. The van der Waals surface area contributed by atoms with E-state index in [4.69, 9.17) is 0 Å². The summed E-state index contributed by atoms with van der Waals surface area (Å²) in [5, 5.41) is 0. The minimum Gasteiger partial charge on any atom is -0.339 e. The zero-order chi connectivity index (χ0) is 11.5. The first-order valence-electron chi connectivity index (χ1n) is 5.89. The van der Waals surface area contributed by atoms with Crippen molar-refractivity contribution in [3.05, 3.63) is 12.7 Å². The third-order valence-corrected chi connectivity index (χ3v) is 2.97. The largest absolute Gasteiger partial charge is 0.339 e. The van der Waals surface area contributed by atoms with Gasteiger partial charge in [0.25, 0.3) is 0 Å². The Morgan fingerprint density at radius 3 is 2.67 bits per heavy atom. The standard InChI is InChI=1S/C13H23NO/c1-5-8-11-9-6-7-10-14(11)12(15)13(2,3)4/h5,11H,1,6-10H2,2-4H3. The van der Waals surface area contributed by atoms with Crippen LogP contribution in [0.3, 0.4) is 0 Å². The van der Waals surface area contributed by atoms with E-state index < -0.39 is 0 Å². The molecule has 0 aromatic carbocycles. The molecule has 1 aliphatic rings. The highest BCUT2D eigenvalue weighted by Gasteiger charge is 2.32. The van der Waals surface area contributed by atoms with E-state index in [9.17, 15) is 4.79 Å². The molecule has 15 heavy (non-hydrogen) atoms. The van der Waals surface area contributed by atoms with Gasteiger partial charge in [0.05, 0.1) is 0 Å². The van der Waals surface area contributed by atoms with Crippen molar-refractivity contribution >= 4 is 5.91 Å². The summed E-state index contributed by atoms with van der Waals surface area (Å²) in [4.78, 5) is 14.3. The van der Waals surface area contributed by atoms with E-state index in [1.807, 2.05) is 26.8 Å². The molecule has 1 saturated heterocycles. The van der Waals surface area contributed by atoms with Crippen LogP contribution in [0.15, 0.2) is 12.7 Å². The molecule has 1 heterocycles. The number of amides is 1. The molecule has 1 rings (SSSR count). The molecule has 2 heteroatoms. The Morgan fingerprint density at radius 2 is 2.13 bits per heavy atom. The quantitative estimate of drug-likeness (QED) is 0.640. The van der Waals surface area contributed by atoms with E-state index in [2.05, 4.69) is 11.5 Å². The van der Waals surface area contributed by atoms with Crippen LogP contribution in [0.2, 0.25) is 0 Å². The number of rotatable bonds is 2. The minimum absolute atomic E-state index is 0.253. The molecule has 0 bridgehead atoms. The predicted octanol–water partition coefficient (Wildman–Crippen LogP) is 2.99. The van der Waals surface area contributed by atoms with Gasteiger partial charge in [0, 0.05) is 18.0 Å². The predicted molar refractivity (Wildman–Crippen MR) is 63.6 cm³/mol. The topological polar surface area (TPSA) is 20.3 Å². The molecule has 0 saturated carbocycles. The zero-order valence-electron chi connectivity index (χ0n) is 10.3. The van der Waals surface area contributed by atoms with E-state index in [1.54, 1.807) is 0 Å². The van der Waals surface area contributed by atoms with Crippen molar-refractivity contribution in [2.75, 3.05) is 6.54 Å². The van der Waals surface area contributed by atoms with Crippen LogP contribution in [0.1, 0.15) is 46.5 Å². The lowest BCUT2D eigenvalue weighted by atomic mass is 9.90. The van der Waals surface area contributed by atoms with Gasteiger partial charge in [-0.2, -0.15) is 0 Å². The van der Waals surface area contributed by atoms with Gasteiger partial charge < -0.3 is 4.90 Å². The van der Waals surface area contributed by atoms with Crippen molar-refractivity contribution in [1.82, 2.24) is 4.90 Å². The Kier molecular flexibility index (Phi) is 3.95. The Bertz CT molecular complexity index is 239. The maximum atomic E-state index is 12.2. The van der Waals surface area contributed by atoms with Gasteiger partial charge in [-0.25, -0.2) is 0 Å². The summed E-state index contributed by atoms with van der Waals surface area (Å²) in [5.41, 5.74) is -0.253. The van der Waals surface area contributed by atoms with Crippen LogP contribution in [-0.2, 0) is 4.79 Å². The van der Waals surface area contributed by atoms with Gasteiger partial charge in [-0.1, -0.05) is 26.8 Å². The molecular formula is C13H23NO. The summed E-state index contributed by atoms with van der Waals surface area (Å²) in [7, 11) is 0. The average molecular weight is 209 g/mol. The molecule has 0 aromatic rings. The van der Waals surface area contributed by atoms with Crippen LogP contribution in [0, 0.1) is 5.41 Å². The van der Waals surface area contributed by atoms with Crippen LogP contribution >= 0.6 is 0 Å². The number of hydrogen-bond donors (Lipinski definition) is 0. The van der Waals surface area contributed by atoms with Crippen molar-refractivity contribution < 1.29 is 4.79 Å². The first-order chi connectivity index (χ1) is 6.96. The fourth-order valence-corrected chi connectivity index (χ4v) is 2.14. The van der Waals surface area contributed by atoms with Gasteiger partial charge >= 0.3 is 0 Å². The average Bonchev–Trinajstić information content (AvgIpc) is 2.17. The number of carbonyl (C=O) groups excluding carboxylic acids is 1. The molecule has 0 N–H and O–H groups in total. The zero-order valence-corrected chi connectivity index (χ0v) is 10.3. The van der Waals surface area contributed by atoms with Crippen molar-refractivity contribution in [2.24, 2.45) is 5.41 Å². The third-order valence-electron chi connectivity index (χ3n) is 2.97. The molecule has 0 radical (unpaired) electrons. The fraction of sp³-hybridized carbons (Fsp3) is 0.769. The molecule has 0 aromatic heterocycles. The SMILES string of the molecule is C=CCC1CCCCN1C(=O)C(C)(C)C. The second kappa shape index (κ2) is 4.82. The van der Waals surface area contributed by atoms with Gasteiger partial charge in [0.1, 0.15) is 0 Å². The lowest BCUT2D eigenvalue weighted by Gasteiger charge is -2.39. The first-order valence-corrected chi connectivity index (χ1v) is 5.89. The Hall–Kier alpha value is -0.790. The van der Waals surface area contributed by atoms with Crippen LogP contribution < -0.4 is 0 Å². The Morgan fingerprint density at radius 1 is 1.47 bits per heavy atom. The summed E-state index contributed by atoms with van der Waals surface area (Å²) >= 11 is 0. The van der Waals surface area contributed by atoms with Crippen LogP contribution in [-0.4, -0.2) is 23.4 Å². The maximum Gasteiger partial charge on any atom is 0.228 e. The molecule has 86 valence electrons. The number of nitrogens with zero attached hydrogens (tertiary/aromatic N) is 1. The van der Waals surface area contributed by atoms with Crippen LogP contribution in [0.4, 0.5) is 0 Å². The smallest absolute Gasteiger partial charge is 0.228 e. The van der Waals surface area contributed by atoms with E-state index in [1.165, 1.54) is 6.42 Å². The summed E-state index contributed by atoms with van der Waals surface area (Å²) in [6, 6.07) is 0.392. The third kappa shape index (κ3) is 3.08. The fourth-order valence-electron chi connectivity index (χ4n) is 2.14. The van der Waals surface area contributed by atoms with Crippen LogP contribution in [0.5, 0.6) is 0 Å². The molecule has 1 fully saturated rings. The second-order valence-corrected chi connectivity index (χ2v) is 5.42. The molecule has 1 atom stereocenters. The number of hydrogen-bond acceptors (Lipinski definition) is 1. The van der Waals surface area contributed by atoms with Gasteiger partial charge in [-0.15, -0.1) is 6.58 Å². The highest BCUT2D eigenvalue weighted by Crippen LogP contribution is 2.26. The monoisotopic (exact) mass is 209 g/mol. The minimum atomic E-state index is -0.253. The normalized spacial score (nSPS) is 22.6. The van der Waals surface area contributed by atoms with Crippen molar-refractivity contribution in [3.63, 3.8) is 0 Å². The Balaban J connectivity index is 2.71. The molecule has 1 amide bonds. The highest BCUT2D eigenvalue weighted by atomic mass is 16.2. The van der Waals surface area contributed by atoms with Gasteiger partial charge in [-0.05, 0) is 25.7 Å². The van der Waals surface area contributed by atoms with E-state index in [0.29, 0.717) is 6.04 Å². The van der Waals surface area contributed by atoms with Crippen molar-refractivity contribution in [3.8, 4) is 0 Å². The maximum absolute atomic E-state index is 12.2. The van der Waals surface area contributed by atoms with Gasteiger partial charge in [-0.3, -0.25) is 4.79 Å². The second-order valence-electron chi connectivity index (χ2n) is 5.42. The molecule has 0 spiro atoms. The number of carbonyl (C=O) groups is 1. The van der Waals surface area contributed by atoms with E-state index in [0.717, 1.165) is 25.8 Å². The van der Waals surface area contributed by atoms with E-state index in [-0.39, 0.29) is 11.3 Å². The van der Waals surface area contributed by atoms with Gasteiger partial charge in [0.15, 0.2) is 0 Å². The summed E-state index contributed by atoms with van der Waals surface area (Å²) in [5.74, 6) is 0.286. The van der Waals surface area contributed by atoms with Crippen molar-refractivity contribution in [1.29, 1.82) is 0 Å². The molecule has 2 nitrogen and oxygen atoms in total. The summed E-state index contributed by atoms with van der Waals surface area (Å²) in [6.45, 7) is 10.7. The lowest BCUT2D eigenvalue weighted by Crippen LogP contribution is -2.48. The lowest BCUT2D eigenvalue weighted by molar-refractivity contribution is -0.143. The molecule has 1 unspecified atom stereocenters. The number of likely N-dealkylation sites (tertiary alicyclic amines) is 1. The van der Waals surface area contributed by atoms with Crippen LogP contribution in [0.25, 0.3) is 0 Å². The highest BCUT2D eigenvalue weighted by molar-refractivity contribution is 5.81. The molecular weight excluding hydrogens is 186 g/mol. The summed E-state index contributed by atoms with van der Waals surface area (Å²) in [6.07, 6.45) is 6.39. The van der Waals surface area contributed by atoms with Gasteiger partial charge in [0.2, 0.25) is 5.91 Å². The van der Waals surface area contributed by atoms with Crippen molar-refractivity contribution in [2.45, 2.75) is 52.5 Å². The summed E-state index contributed by atoms with van der Waals surface area (Å²) < 4.78 is 0.